The second kappa shape index (κ2) is 5.59. The molecule has 17 heavy (non-hydrogen) atoms. The van der Waals surface area contributed by atoms with Crippen LogP contribution in [-0.4, -0.2) is 18.3 Å². The maximum atomic E-state index is 12.9. The lowest BCUT2D eigenvalue weighted by Crippen LogP contribution is -2.49. The summed E-state index contributed by atoms with van der Waals surface area (Å²) in [5.74, 6) is -1.11. The van der Waals surface area contributed by atoms with E-state index in [1.807, 2.05) is 0 Å². The molecular weight excluding hydrogens is 227 g/mol. The van der Waals surface area contributed by atoms with Crippen molar-refractivity contribution < 1.29 is 13.2 Å². The molecule has 100 valence electrons. The van der Waals surface area contributed by atoms with Gasteiger partial charge in [-0.05, 0) is 25.7 Å². The highest BCUT2D eigenvalue weighted by Crippen LogP contribution is 2.38. The van der Waals surface area contributed by atoms with Gasteiger partial charge in [0.1, 0.15) is 0 Å². The summed E-state index contributed by atoms with van der Waals surface area (Å²) in [6, 6.07) is 0.00329. The molecule has 2 atom stereocenters. The van der Waals surface area contributed by atoms with E-state index in [1.54, 1.807) is 0 Å². The van der Waals surface area contributed by atoms with Crippen molar-refractivity contribution in [3.8, 4) is 0 Å². The molecule has 2 fully saturated rings. The summed E-state index contributed by atoms with van der Waals surface area (Å²) in [6.45, 7) is 0. The molecule has 0 heterocycles. The van der Waals surface area contributed by atoms with Crippen LogP contribution in [0.5, 0.6) is 0 Å². The average Bonchev–Trinajstić information content (AvgIpc) is 2.30. The lowest BCUT2D eigenvalue weighted by Gasteiger charge is -2.37. The van der Waals surface area contributed by atoms with Gasteiger partial charge in [-0.1, -0.05) is 32.1 Å². The highest BCUT2D eigenvalue weighted by molar-refractivity contribution is 4.88. The average molecular weight is 249 g/mol. The Labute approximate surface area is 101 Å². The molecule has 0 aliphatic heterocycles. The third kappa shape index (κ3) is 3.60. The van der Waals surface area contributed by atoms with Gasteiger partial charge in [0.2, 0.25) is 0 Å². The smallest absolute Gasteiger partial charge is 0.311 e. The molecule has 0 bridgehead atoms. The van der Waals surface area contributed by atoms with E-state index in [0.717, 1.165) is 25.7 Å². The van der Waals surface area contributed by atoms with Gasteiger partial charge in [-0.3, -0.25) is 0 Å². The van der Waals surface area contributed by atoms with Crippen LogP contribution in [0.1, 0.15) is 57.8 Å². The SMILES string of the molecule is FC(F)(F)C1CCCCC1NC1CCCCC1. The van der Waals surface area contributed by atoms with E-state index in [0.29, 0.717) is 18.9 Å². The minimum absolute atomic E-state index is 0.313. The van der Waals surface area contributed by atoms with Crippen molar-refractivity contribution in [1.29, 1.82) is 0 Å². The summed E-state index contributed by atoms with van der Waals surface area (Å²) in [5, 5.41) is 3.29. The van der Waals surface area contributed by atoms with Gasteiger partial charge in [0.05, 0.1) is 5.92 Å². The summed E-state index contributed by atoms with van der Waals surface area (Å²) in [5.41, 5.74) is 0. The molecule has 0 aromatic heterocycles. The van der Waals surface area contributed by atoms with Crippen molar-refractivity contribution in [3.63, 3.8) is 0 Å². The van der Waals surface area contributed by atoms with Crippen LogP contribution < -0.4 is 5.32 Å². The van der Waals surface area contributed by atoms with E-state index < -0.39 is 12.1 Å². The monoisotopic (exact) mass is 249 g/mol. The van der Waals surface area contributed by atoms with Crippen LogP contribution in [0.15, 0.2) is 0 Å². The Bertz CT molecular complexity index is 233. The minimum Gasteiger partial charge on any atom is -0.311 e. The van der Waals surface area contributed by atoms with E-state index >= 15 is 0 Å². The second-order valence-electron chi connectivity index (χ2n) is 5.54. The Hall–Kier alpha value is -0.250. The molecule has 2 unspecified atom stereocenters. The molecule has 0 saturated heterocycles. The Morgan fingerprint density at radius 3 is 2.00 bits per heavy atom. The molecule has 0 aromatic rings. The fourth-order valence-corrected chi connectivity index (χ4v) is 3.29. The first-order valence-corrected chi connectivity index (χ1v) is 6.90. The van der Waals surface area contributed by atoms with Crippen LogP contribution in [-0.2, 0) is 0 Å². The van der Waals surface area contributed by atoms with E-state index in [-0.39, 0.29) is 6.04 Å². The molecule has 4 heteroatoms. The third-order valence-corrected chi connectivity index (χ3v) is 4.24. The van der Waals surface area contributed by atoms with E-state index in [4.69, 9.17) is 0 Å². The number of nitrogens with one attached hydrogen (secondary N) is 1. The van der Waals surface area contributed by atoms with Gasteiger partial charge in [-0.2, -0.15) is 13.2 Å². The summed E-state index contributed by atoms with van der Waals surface area (Å²) >= 11 is 0. The van der Waals surface area contributed by atoms with Crippen LogP contribution in [0.4, 0.5) is 13.2 Å². The first kappa shape index (κ1) is 13.2. The Kier molecular flexibility index (Phi) is 4.34. The van der Waals surface area contributed by atoms with Crippen LogP contribution in [0.3, 0.4) is 0 Å². The number of hydrogen-bond acceptors (Lipinski definition) is 1. The topological polar surface area (TPSA) is 12.0 Å². The van der Waals surface area contributed by atoms with Gasteiger partial charge in [0.25, 0.3) is 0 Å². The number of halogens is 3. The van der Waals surface area contributed by atoms with Gasteiger partial charge in [-0.15, -0.1) is 0 Å². The van der Waals surface area contributed by atoms with Crippen LogP contribution >= 0.6 is 0 Å². The summed E-state index contributed by atoms with van der Waals surface area (Å²) < 4.78 is 38.7. The lowest BCUT2D eigenvalue weighted by molar-refractivity contribution is -0.189. The number of rotatable bonds is 2. The summed E-state index contributed by atoms with van der Waals surface area (Å²) in [6.07, 6.45) is 4.35. The number of alkyl halides is 3. The first-order chi connectivity index (χ1) is 8.07. The quantitative estimate of drug-likeness (QED) is 0.779. The Morgan fingerprint density at radius 2 is 1.35 bits per heavy atom. The zero-order valence-corrected chi connectivity index (χ0v) is 10.2. The molecule has 2 saturated carbocycles. The van der Waals surface area contributed by atoms with Crippen molar-refractivity contribution in [3.05, 3.63) is 0 Å². The fraction of sp³-hybridized carbons (Fsp3) is 1.00. The predicted octanol–water partition coefficient (Wildman–Crippen LogP) is 4.03. The van der Waals surface area contributed by atoms with Gasteiger partial charge >= 0.3 is 6.18 Å². The molecule has 0 aromatic carbocycles. The van der Waals surface area contributed by atoms with Crippen molar-refractivity contribution in [1.82, 2.24) is 5.32 Å². The fourth-order valence-electron chi connectivity index (χ4n) is 3.29. The lowest BCUT2D eigenvalue weighted by atomic mass is 9.82. The molecule has 1 nitrogen and oxygen atoms in total. The Balaban J connectivity index is 1.91. The standard InChI is InChI=1S/C13H22F3N/c14-13(15,16)11-8-4-5-9-12(11)17-10-6-2-1-3-7-10/h10-12,17H,1-9H2. The first-order valence-electron chi connectivity index (χ1n) is 6.90. The maximum Gasteiger partial charge on any atom is 0.393 e. The molecule has 2 aliphatic carbocycles. The molecule has 0 spiro atoms. The molecule has 0 amide bonds. The molecule has 0 radical (unpaired) electrons. The third-order valence-electron chi connectivity index (χ3n) is 4.24. The van der Waals surface area contributed by atoms with Crippen molar-refractivity contribution in [2.24, 2.45) is 5.92 Å². The van der Waals surface area contributed by atoms with Crippen LogP contribution in [0.2, 0.25) is 0 Å². The summed E-state index contributed by atoms with van der Waals surface area (Å²) in [7, 11) is 0. The van der Waals surface area contributed by atoms with Gasteiger partial charge < -0.3 is 5.32 Å². The van der Waals surface area contributed by atoms with Gasteiger partial charge in [0, 0.05) is 12.1 Å². The van der Waals surface area contributed by atoms with Crippen LogP contribution in [0.25, 0.3) is 0 Å². The molecular formula is C13H22F3N. The summed E-state index contributed by atoms with van der Waals surface area (Å²) in [4.78, 5) is 0. The van der Waals surface area contributed by atoms with Gasteiger partial charge in [0.15, 0.2) is 0 Å². The molecule has 2 aliphatic rings. The minimum atomic E-state index is -4.02. The zero-order chi connectivity index (χ0) is 12.3. The largest absolute Gasteiger partial charge is 0.393 e. The molecule has 2 rings (SSSR count). The zero-order valence-electron chi connectivity index (χ0n) is 10.2. The van der Waals surface area contributed by atoms with E-state index in [9.17, 15) is 13.2 Å². The number of hydrogen-bond donors (Lipinski definition) is 1. The van der Waals surface area contributed by atoms with Crippen LogP contribution in [0, 0.1) is 5.92 Å². The van der Waals surface area contributed by atoms with Crippen molar-refractivity contribution in [2.75, 3.05) is 0 Å². The predicted molar refractivity (Wildman–Crippen MR) is 61.8 cm³/mol. The van der Waals surface area contributed by atoms with E-state index in [1.165, 1.54) is 19.3 Å². The van der Waals surface area contributed by atoms with Crippen molar-refractivity contribution in [2.45, 2.75) is 76.0 Å². The maximum absolute atomic E-state index is 12.9. The Morgan fingerprint density at radius 1 is 0.765 bits per heavy atom. The van der Waals surface area contributed by atoms with Crippen molar-refractivity contribution >= 4 is 0 Å². The normalized spacial score (nSPS) is 32.6. The second-order valence-corrected chi connectivity index (χ2v) is 5.54. The molecule has 1 N–H and O–H groups in total. The van der Waals surface area contributed by atoms with Gasteiger partial charge in [-0.25, -0.2) is 0 Å². The highest BCUT2D eigenvalue weighted by Gasteiger charge is 2.45. The van der Waals surface area contributed by atoms with E-state index in [2.05, 4.69) is 5.32 Å². The highest BCUT2D eigenvalue weighted by atomic mass is 19.4.